The van der Waals surface area contributed by atoms with E-state index in [9.17, 15) is 19.2 Å². The third-order valence-corrected chi connectivity index (χ3v) is 9.69. The zero-order valence-electron chi connectivity index (χ0n) is 19.7. The first kappa shape index (κ1) is 27.1. The Labute approximate surface area is 183 Å². The molecule has 0 saturated carbocycles. The van der Waals surface area contributed by atoms with Gasteiger partial charge in [-0.3, -0.25) is 19.2 Å². The van der Waals surface area contributed by atoms with Crippen LogP contribution in [0.3, 0.4) is 0 Å². The number of carbonyl (C=O) groups is 4. The average Bonchev–Trinajstić information content (AvgIpc) is 2.56. The monoisotopic (exact) mass is 462 g/mol. The van der Waals surface area contributed by atoms with Gasteiger partial charge in [-0.15, -0.1) is 0 Å². The summed E-state index contributed by atoms with van der Waals surface area (Å²) in [6.45, 7) is 14.9. The Morgan fingerprint density at radius 1 is 0.742 bits per heavy atom. The maximum absolute atomic E-state index is 11.8. The second kappa shape index (κ2) is 10.6. The molecule has 0 radical (unpaired) electrons. The smallest absolute Gasteiger partial charge is 0.305 e. The molecule has 1 aliphatic heterocycles. The number of ether oxygens (including phenoxy) is 5. The molecule has 1 rings (SSSR count). The van der Waals surface area contributed by atoms with Gasteiger partial charge in [-0.25, -0.2) is 0 Å². The third-order valence-electron chi connectivity index (χ3n) is 5.19. The molecule has 1 aliphatic rings. The molecule has 31 heavy (non-hydrogen) atoms. The first-order chi connectivity index (χ1) is 14.0. The van der Waals surface area contributed by atoms with Gasteiger partial charge in [-0.1, -0.05) is 20.8 Å². The van der Waals surface area contributed by atoms with E-state index in [1.54, 1.807) is 0 Å². The normalized spacial score (nSPS) is 26.5. The number of carbonyl (C=O) groups excluding carboxylic acids is 4. The van der Waals surface area contributed by atoms with Crippen molar-refractivity contribution in [2.24, 2.45) is 0 Å². The maximum atomic E-state index is 11.8. The van der Waals surface area contributed by atoms with Gasteiger partial charge in [0.25, 0.3) is 0 Å². The number of esters is 4. The Morgan fingerprint density at radius 2 is 1.16 bits per heavy atom. The molecule has 0 bridgehead atoms. The highest BCUT2D eigenvalue weighted by Gasteiger charge is 2.54. The van der Waals surface area contributed by atoms with E-state index < -0.39 is 62.9 Å². The van der Waals surface area contributed by atoms with Crippen molar-refractivity contribution < 1.29 is 47.3 Å². The van der Waals surface area contributed by atoms with Gasteiger partial charge in [-0.05, 0) is 18.1 Å². The number of rotatable bonds is 7. The van der Waals surface area contributed by atoms with Crippen molar-refractivity contribution in [3.8, 4) is 0 Å². The lowest BCUT2D eigenvalue weighted by Gasteiger charge is -2.45. The van der Waals surface area contributed by atoms with Crippen LogP contribution in [0.25, 0.3) is 0 Å². The lowest BCUT2D eigenvalue weighted by Crippen LogP contribution is -2.63. The van der Waals surface area contributed by atoms with E-state index in [-0.39, 0.29) is 11.6 Å². The molecular formula is C20H34O10Si. The Kier molecular flexibility index (Phi) is 9.21. The van der Waals surface area contributed by atoms with E-state index in [0.29, 0.717) is 0 Å². The van der Waals surface area contributed by atoms with Crippen LogP contribution in [0.2, 0.25) is 18.1 Å². The van der Waals surface area contributed by atoms with Crippen LogP contribution < -0.4 is 0 Å². The minimum absolute atomic E-state index is 0.0171. The average molecular weight is 463 g/mol. The molecule has 0 N–H and O–H groups in total. The molecule has 11 heteroatoms. The van der Waals surface area contributed by atoms with Crippen LogP contribution in [-0.4, -0.2) is 69.5 Å². The number of hydrogen-bond acceptors (Lipinski definition) is 10. The molecule has 0 aromatic carbocycles. The fraction of sp³-hybridized carbons (Fsp3) is 0.800. The minimum atomic E-state index is -2.23. The second-order valence-electron chi connectivity index (χ2n) is 8.95. The third kappa shape index (κ3) is 7.89. The van der Waals surface area contributed by atoms with Gasteiger partial charge >= 0.3 is 23.9 Å². The zero-order chi connectivity index (χ0) is 24.1. The summed E-state index contributed by atoms with van der Waals surface area (Å²) >= 11 is 0. The van der Waals surface area contributed by atoms with Gasteiger partial charge in [0.2, 0.25) is 12.4 Å². The summed E-state index contributed by atoms with van der Waals surface area (Å²) in [7, 11) is -2.23. The maximum Gasteiger partial charge on any atom is 0.305 e. The van der Waals surface area contributed by atoms with Crippen LogP contribution in [0.4, 0.5) is 0 Å². The molecule has 1 heterocycles. The molecule has 0 amide bonds. The van der Waals surface area contributed by atoms with Gasteiger partial charge in [0.1, 0.15) is 6.10 Å². The molecule has 2 unspecified atom stereocenters. The van der Waals surface area contributed by atoms with Crippen LogP contribution in [0.15, 0.2) is 0 Å². The summed E-state index contributed by atoms with van der Waals surface area (Å²) in [5, 5.41) is -0.108. The lowest BCUT2D eigenvalue weighted by molar-refractivity contribution is -0.299. The summed E-state index contributed by atoms with van der Waals surface area (Å²) in [5.74, 6) is -2.78. The highest BCUT2D eigenvalue weighted by molar-refractivity contribution is 6.74. The van der Waals surface area contributed by atoms with Crippen LogP contribution in [-0.2, 0) is 47.3 Å². The predicted molar refractivity (Wildman–Crippen MR) is 110 cm³/mol. The Morgan fingerprint density at radius 3 is 1.58 bits per heavy atom. The molecule has 178 valence electrons. The summed E-state index contributed by atoms with van der Waals surface area (Å²) in [4.78, 5) is 46.9. The van der Waals surface area contributed by atoms with Gasteiger partial charge < -0.3 is 28.1 Å². The molecule has 0 aromatic rings. The van der Waals surface area contributed by atoms with Crippen molar-refractivity contribution >= 4 is 32.2 Å². The van der Waals surface area contributed by atoms with E-state index in [1.165, 1.54) is 6.92 Å². The molecular weight excluding hydrogens is 428 g/mol. The topological polar surface area (TPSA) is 124 Å². The summed E-state index contributed by atoms with van der Waals surface area (Å²) in [6.07, 6.45) is -6.08. The standard InChI is InChI=1S/C20H34O10Si/c1-11(21)26-16-15(10-25-31(8,9)20(5,6)7)30-19(29-14(4)24)18(28-13(3)23)17(16)27-12(2)22/h15-19H,10H2,1-9H3/t15?,16-,17-,18?,19+/m1/s1. The van der Waals surface area contributed by atoms with E-state index in [1.807, 2.05) is 13.1 Å². The Bertz CT molecular complexity index is 684. The lowest BCUT2D eigenvalue weighted by atomic mass is 9.98. The first-order valence-corrected chi connectivity index (χ1v) is 12.9. The zero-order valence-corrected chi connectivity index (χ0v) is 20.7. The van der Waals surface area contributed by atoms with Crippen molar-refractivity contribution in [2.75, 3.05) is 6.61 Å². The van der Waals surface area contributed by atoms with E-state index in [0.717, 1.165) is 20.8 Å². The molecule has 10 nitrogen and oxygen atoms in total. The summed E-state index contributed by atoms with van der Waals surface area (Å²) in [6, 6.07) is 0. The van der Waals surface area contributed by atoms with Crippen molar-refractivity contribution in [3.05, 3.63) is 0 Å². The molecule has 5 atom stereocenters. The predicted octanol–water partition coefficient (Wildman–Crippen LogP) is 2.09. The van der Waals surface area contributed by atoms with E-state index in [4.69, 9.17) is 28.1 Å². The minimum Gasteiger partial charge on any atom is -0.456 e. The largest absolute Gasteiger partial charge is 0.456 e. The van der Waals surface area contributed by atoms with Crippen LogP contribution in [0.1, 0.15) is 48.5 Å². The molecule has 1 saturated heterocycles. The van der Waals surface area contributed by atoms with Crippen LogP contribution in [0, 0.1) is 0 Å². The first-order valence-electron chi connectivity index (χ1n) is 10.0. The Balaban J connectivity index is 3.34. The van der Waals surface area contributed by atoms with Crippen LogP contribution in [0.5, 0.6) is 0 Å². The van der Waals surface area contributed by atoms with E-state index >= 15 is 0 Å². The van der Waals surface area contributed by atoms with Gasteiger partial charge in [0.05, 0.1) is 6.61 Å². The van der Waals surface area contributed by atoms with Crippen molar-refractivity contribution in [1.82, 2.24) is 0 Å². The Hall–Kier alpha value is -1.98. The van der Waals surface area contributed by atoms with Crippen molar-refractivity contribution in [1.29, 1.82) is 0 Å². The fourth-order valence-corrected chi connectivity index (χ4v) is 3.77. The summed E-state index contributed by atoms with van der Waals surface area (Å²) in [5.41, 5.74) is 0. The second-order valence-corrected chi connectivity index (χ2v) is 13.8. The highest BCUT2D eigenvalue weighted by atomic mass is 28.4. The quantitative estimate of drug-likeness (QED) is 0.315. The summed E-state index contributed by atoms with van der Waals surface area (Å²) < 4.78 is 33.2. The fourth-order valence-electron chi connectivity index (χ4n) is 2.75. The van der Waals surface area contributed by atoms with Gasteiger partial charge in [-0.2, -0.15) is 0 Å². The SMILES string of the molecule is CC(=O)OC1[C@@H](OC(C)=O)OC(CO[Si](C)(C)C(C)(C)C)[C@@H](OC(C)=O)[C@H]1OC(C)=O. The molecule has 0 aliphatic carbocycles. The van der Waals surface area contributed by atoms with Crippen molar-refractivity contribution in [3.63, 3.8) is 0 Å². The van der Waals surface area contributed by atoms with Crippen LogP contribution >= 0.6 is 0 Å². The van der Waals surface area contributed by atoms with Crippen molar-refractivity contribution in [2.45, 2.75) is 97.3 Å². The molecule has 1 fully saturated rings. The highest BCUT2D eigenvalue weighted by Crippen LogP contribution is 2.37. The van der Waals surface area contributed by atoms with Gasteiger partial charge in [0, 0.05) is 27.7 Å². The molecule has 0 aromatic heterocycles. The number of hydrogen-bond donors (Lipinski definition) is 0. The molecule has 0 spiro atoms. The van der Waals surface area contributed by atoms with E-state index in [2.05, 4.69) is 20.8 Å². The van der Waals surface area contributed by atoms with Gasteiger partial charge in [0.15, 0.2) is 20.5 Å².